The number of hydrogen-bond donors (Lipinski definition) is 3. The Morgan fingerprint density at radius 2 is 2.06 bits per heavy atom. The van der Waals surface area contributed by atoms with Crippen LogP contribution in [-0.4, -0.2) is 30.1 Å². The lowest BCUT2D eigenvalue weighted by atomic mass is 10.1. The van der Waals surface area contributed by atoms with Crippen molar-refractivity contribution in [2.75, 3.05) is 13.1 Å². The summed E-state index contributed by atoms with van der Waals surface area (Å²) in [6.07, 6.45) is 0.260. The summed E-state index contributed by atoms with van der Waals surface area (Å²) in [5.74, 6) is 1.46. The van der Waals surface area contributed by atoms with Gasteiger partial charge in [-0.15, -0.1) is 0 Å². The number of hydrogen-bond acceptors (Lipinski definition) is 3. The molecule has 0 spiro atoms. The van der Waals surface area contributed by atoms with Gasteiger partial charge in [0.1, 0.15) is 5.75 Å². The lowest BCUT2D eigenvalue weighted by molar-refractivity contribution is -0.120. The van der Waals surface area contributed by atoms with Gasteiger partial charge in [0.2, 0.25) is 5.91 Å². The van der Waals surface area contributed by atoms with Crippen molar-refractivity contribution in [1.82, 2.24) is 10.6 Å². The van der Waals surface area contributed by atoms with Gasteiger partial charge >= 0.3 is 0 Å². The van der Waals surface area contributed by atoms with E-state index in [9.17, 15) is 9.90 Å². The highest BCUT2D eigenvalue weighted by molar-refractivity contribution is 5.80. The summed E-state index contributed by atoms with van der Waals surface area (Å²) in [5.41, 5.74) is 0.689. The van der Waals surface area contributed by atoms with Crippen LogP contribution in [0.1, 0.15) is 5.56 Å². The van der Waals surface area contributed by atoms with Crippen molar-refractivity contribution in [3.8, 4) is 5.75 Å². The highest BCUT2D eigenvalue weighted by Crippen LogP contribution is 2.41. The summed E-state index contributed by atoms with van der Waals surface area (Å²) >= 11 is 0. The number of rotatable bonds is 3. The SMILES string of the molecule is O=C(Cc1ccccc1O)NC1C2CNCC21. The van der Waals surface area contributed by atoms with Gasteiger partial charge in [0.15, 0.2) is 0 Å². The molecule has 1 aromatic carbocycles. The Kier molecular flexibility index (Phi) is 2.52. The number of phenols is 1. The van der Waals surface area contributed by atoms with E-state index in [-0.39, 0.29) is 18.1 Å². The van der Waals surface area contributed by atoms with Crippen molar-refractivity contribution in [1.29, 1.82) is 0 Å². The van der Waals surface area contributed by atoms with Crippen molar-refractivity contribution in [2.45, 2.75) is 12.5 Å². The third-order valence-corrected chi connectivity index (χ3v) is 3.76. The van der Waals surface area contributed by atoms with Gasteiger partial charge in [-0.3, -0.25) is 4.79 Å². The molecule has 2 aliphatic rings. The predicted molar refractivity (Wildman–Crippen MR) is 63.6 cm³/mol. The summed E-state index contributed by atoms with van der Waals surface area (Å²) in [4.78, 5) is 11.8. The first-order valence-corrected chi connectivity index (χ1v) is 6.02. The minimum atomic E-state index is 0.00546. The molecule has 4 heteroatoms. The molecule has 1 aliphatic heterocycles. The third-order valence-electron chi connectivity index (χ3n) is 3.76. The molecule has 2 atom stereocenters. The normalized spacial score (nSPS) is 29.8. The van der Waals surface area contributed by atoms with Crippen LogP contribution in [0.2, 0.25) is 0 Å². The van der Waals surface area contributed by atoms with E-state index in [2.05, 4.69) is 10.6 Å². The fourth-order valence-electron chi connectivity index (χ4n) is 2.70. The smallest absolute Gasteiger partial charge is 0.224 e. The number of carbonyl (C=O) groups is 1. The van der Waals surface area contributed by atoms with E-state index in [1.165, 1.54) is 0 Å². The van der Waals surface area contributed by atoms with Crippen LogP contribution >= 0.6 is 0 Å². The van der Waals surface area contributed by atoms with Crippen LogP contribution in [-0.2, 0) is 11.2 Å². The number of para-hydroxylation sites is 1. The third kappa shape index (κ3) is 2.00. The first kappa shape index (κ1) is 10.6. The average molecular weight is 232 g/mol. The Labute approximate surface area is 100 Å². The first-order valence-electron chi connectivity index (χ1n) is 6.02. The lowest BCUT2D eigenvalue weighted by Crippen LogP contribution is -2.33. The molecular formula is C13H16N2O2. The number of aromatic hydroxyl groups is 1. The molecule has 1 amide bonds. The zero-order valence-electron chi connectivity index (χ0n) is 9.52. The summed E-state index contributed by atoms with van der Waals surface area (Å²) in [7, 11) is 0. The monoisotopic (exact) mass is 232 g/mol. The quantitative estimate of drug-likeness (QED) is 0.701. The summed E-state index contributed by atoms with van der Waals surface area (Å²) in [6.45, 7) is 2.04. The van der Waals surface area contributed by atoms with Crippen LogP contribution in [0.4, 0.5) is 0 Å². The molecule has 0 aromatic heterocycles. The standard InChI is InChI=1S/C13H16N2O2/c16-11-4-2-1-3-8(11)5-12(17)15-13-9-6-14-7-10(9)13/h1-4,9-10,13-14,16H,5-7H2,(H,15,17). The second kappa shape index (κ2) is 4.04. The molecule has 1 aliphatic carbocycles. The van der Waals surface area contributed by atoms with Crippen LogP contribution in [0.5, 0.6) is 5.75 Å². The van der Waals surface area contributed by atoms with Gasteiger partial charge < -0.3 is 15.7 Å². The van der Waals surface area contributed by atoms with Crippen LogP contribution in [0, 0.1) is 11.8 Å². The molecule has 3 rings (SSSR count). The second-order valence-corrected chi connectivity index (χ2v) is 4.88. The van der Waals surface area contributed by atoms with Gasteiger partial charge in [-0.2, -0.15) is 0 Å². The number of carbonyl (C=O) groups excluding carboxylic acids is 1. The fourth-order valence-corrected chi connectivity index (χ4v) is 2.70. The molecule has 1 saturated carbocycles. The summed E-state index contributed by atoms with van der Waals surface area (Å²) in [6, 6.07) is 7.34. The van der Waals surface area contributed by atoms with Crippen molar-refractivity contribution >= 4 is 5.91 Å². The minimum absolute atomic E-state index is 0.00546. The maximum atomic E-state index is 11.8. The minimum Gasteiger partial charge on any atom is -0.508 e. The Morgan fingerprint density at radius 3 is 2.76 bits per heavy atom. The number of amides is 1. The Hall–Kier alpha value is -1.55. The van der Waals surface area contributed by atoms with E-state index in [1.54, 1.807) is 18.2 Å². The highest BCUT2D eigenvalue weighted by atomic mass is 16.3. The lowest BCUT2D eigenvalue weighted by Gasteiger charge is -2.08. The molecule has 0 radical (unpaired) electrons. The molecular weight excluding hydrogens is 216 g/mol. The van der Waals surface area contributed by atoms with E-state index >= 15 is 0 Å². The van der Waals surface area contributed by atoms with Gasteiger partial charge in [0, 0.05) is 24.7 Å². The first-order chi connectivity index (χ1) is 8.25. The van der Waals surface area contributed by atoms with E-state index < -0.39 is 0 Å². The Bertz CT molecular complexity index is 437. The number of benzene rings is 1. The number of phenolic OH excluding ortho intramolecular Hbond substituents is 1. The van der Waals surface area contributed by atoms with Crippen molar-refractivity contribution in [3.63, 3.8) is 0 Å². The van der Waals surface area contributed by atoms with Crippen LogP contribution < -0.4 is 10.6 Å². The topological polar surface area (TPSA) is 61.4 Å². The van der Waals surface area contributed by atoms with Gasteiger partial charge in [0.05, 0.1) is 6.42 Å². The van der Waals surface area contributed by atoms with Gasteiger partial charge in [0.25, 0.3) is 0 Å². The fraction of sp³-hybridized carbons (Fsp3) is 0.462. The molecule has 1 heterocycles. The zero-order chi connectivity index (χ0) is 11.8. The second-order valence-electron chi connectivity index (χ2n) is 4.88. The zero-order valence-corrected chi connectivity index (χ0v) is 9.52. The van der Waals surface area contributed by atoms with Crippen molar-refractivity contribution in [3.05, 3.63) is 29.8 Å². The molecule has 2 fully saturated rings. The average Bonchev–Trinajstić information content (AvgIpc) is 2.76. The number of nitrogens with one attached hydrogen (secondary N) is 2. The molecule has 3 N–H and O–H groups in total. The summed E-state index contributed by atoms with van der Waals surface area (Å²) in [5, 5.41) is 15.9. The molecule has 0 bridgehead atoms. The van der Waals surface area contributed by atoms with Crippen molar-refractivity contribution < 1.29 is 9.90 Å². The highest BCUT2D eigenvalue weighted by Gasteiger charge is 2.53. The van der Waals surface area contributed by atoms with Gasteiger partial charge in [-0.05, 0) is 17.9 Å². The van der Waals surface area contributed by atoms with Crippen LogP contribution in [0.15, 0.2) is 24.3 Å². The number of fused-ring (bicyclic) bond motifs is 1. The number of piperidine rings is 1. The Morgan fingerprint density at radius 1 is 1.35 bits per heavy atom. The van der Waals surface area contributed by atoms with Crippen LogP contribution in [0.25, 0.3) is 0 Å². The van der Waals surface area contributed by atoms with E-state index in [4.69, 9.17) is 0 Å². The Balaban J connectivity index is 1.56. The predicted octanol–water partition coefficient (Wildman–Crippen LogP) is 0.269. The molecule has 1 aromatic rings. The van der Waals surface area contributed by atoms with Crippen LogP contribution in [0.3, 0.4) is 0 Å². The molecule has 90 valence electrons. The maximum absolute atomic E-state index is 11.8. The molecule has 2 unspecified atom stereocenters. The maximum Gasteiger partial charge on any atom is 0.224 e. The van der Waals surface area contributed by atoms with E-state index in [0.29, 0.717) is 23.4 Å². The molecule has 4 nitrogen and oxygen atoms in total. The largest absolute Gasteiger partial charge is 0.508 e. The van der Waals surface area contributed by atoms with Gasteiger partial charge in [-0.25, -0.2) is 0 Å². The van der Waals surface area contributed by atoms with Gasteiger partial charge in [-0.1, -0.05) is 18.2 Å². The van der Waals surface area contributed by atoms with E-state index in [1.807, 2.05) is 6.07 Å². The van der Waals surface area contributed by atoms with Crippen molar-refractivity contribution in [2.24, 2.45) is 11.8 Å². The molecule has 1 saturated heterocycles. The molecule has 17 heavy (non-hydrogen) atoms. The summed E-state index contributed by atoms with van der Waals surface area (Å²) < 4.78 is 0. The van der Waals surface area contributed by atoms with E-state index in [0.717, 1.165) is 13.1 Å².